The van der Waals surface area contributed by atoms with Crippen LogP contribution in [0.4, 0.5) is 0 Å². The van der Waals surface area contributed by atoms with Gasteiger partial charge in [-0.05, 0) is 0 Å². The van der Waals surface area contributed by atoms with Crippen molar-refractivity contribution in [3.63, 3.8) is 0 Å². The summed E-state index contributed by atoms with van der Waals surface area (Å²) in [6.07, 6.45) is 0.391. The molecule has 2 fully saturated rings. The Hall–Kier alpha value is -0.940. The van der Waals surface area contributed by atoms with E-state index in [-0.39, 0.29) is 11.7 Å². The van der Waals surface area contributed by atoms with Gasteiger partial charge in [0, 0.05) is 39.1 Å². The molecule has 0 N–H and O–H groups in total. The first-order valence-corrected chi connectivity index (χ1v) is 5.39. The molecule has 0 saturated carbocycles. The van der Waals surface area contributed by atoms with Crippen LogP contribution in [0, 0.1) is 0 Å². The van der Waals surface area contributed by atoms with Crippen molar-refractivity contribution in [1.82, 2.24) is 9.80 Å². The second kappa shape index (κ2) is 4.72. The Balaban J connectivity index is 1.73. The van der Waals surface area contributed by atoms with Crippen LogP contribution in [0.15, 0.2) is 0 Å². The fourth-order valence-corrected chi connectivity index (χ4v) is 1.92. The Morgan fingerprint density at radius 2 is 1.80 bits per heavy atom. The van der Waals surface area contributed by atoms with Gasteiger partial charge in [-0.25, -0.2) is 0 Å². The molecule has 0 bridgehead atoms. The van der Waals surface area contributed by atoms with E-state index in [2.05, 4.69) is 4.90 Å². The Bertz CT molecular complexity index is 261. The summed E-state index contributed by atoms with van der Waals surface area (Å²) in [6.45, 7) is 5.51. The Morgan fingerprint density at radius 3 is 2.40 bits per heavy atom. The Labute approximate surface area is 89.0 Å². The van der Waals surface area contributed by atoms with Gasteiger partial charge in [0.05, 0.1) is 13.2 Å². The third kappa shape index (κ3) is 2.54. The van der Waals surface area contributed by atoms with Gasteiger partial charge in [-0.15, -0.1) is 0 Å². The zero-order valence-corrected chi connectivity index (χ0v) is 8.78. The van der Waals surface area contributed by atoms with E-state index in [0.717, 1.165) is 32.8 Å². The van der Waals surface area contributed by atoms with Crippen molar-refractivity contribution in [2.24, 2.45) is 0 Å². The maximum Gasteiger partial charge on any atom is 0.290 e. The maximum absolute atomic E-state index is 11.3. The van der Waals surface area contributed by atoms with Crippen LogP contribution < -0.4 is 0 Å². The molecule has 15 heavy (non-hydrogen) atoms. The molecule has 84 valence electrons. The summed E-state index contributed by atoms with van der Waals surface area (Å²) in [7, 11) is 0. The third-order valence-electron chi connectivity index (χ3n) is 2.92. The van der Waals surface area contributed by atoms with E-state index < -0.39 is 0 Å². The quantitative estimate of drug-likeness (QED) is 0.570. The molecule has 0 unspecified atom stereocenters. The minimum atomic E-state index is -0.303. The SMILES string of the molecule is O=C1CCN(CCN2CCOCC2)C1=O. The van der Waals surface area contributed by atoms with Crippen molar-refractivity contribution in [1.29, 1.82) is 0 Å². The second-order valence-electron chi connectivity index (χ2n) is 3.92. The summed E-state index contributed by atoms with van der Waals surface area (Å²) >= 11 is 0. The monoisotopic (exact) mass is 212 g/mol. The zero-order valence-electron chi connectivity index (χ0n) is 8.78. The molecule has 2 saturated heterocycles. The van der Waals surface area contributed by atoms with Crippen molar-refractivity contribution >= 4 is 11.7 Å². The Kier molecular flexibility index (Phi) is 3.33. The number of carbonyl (C=O) groups excluding carboxylic acids is 2. The van der Waals surface area contributed by atoms with Crippen molar-refractivity contribution in [2.75, 3.05) is 45.9 Å². The van der Waals surface area contributed by atoms with Gasteiger partial charge in [-0.1, -0.05) is 0 Å². The van der Waals surface area contributed by atoms with Crippen LogP contribution in [-0.4, -0.2) is 67.4 Å². The highest BCUT2D eigenvalue weighted by Gasteiger charge is 2.29. The van der Waals surface area contributed by atoms with Crippen LogP contribution in [0.3, 0.4) is 0 Å². The fourth-order valence-electron chi connectivity index (χ4n) is 1.92. The number of nitrogens with zero attached hydrogens (tertiary/aromatic N) is 2. The molecule has 2 aliphatic heterocycles. The first-order valence-electron chi connectivity index (χ1n) is 5.39. The number of hydrogen-bond donors (Lipinski definition) is 0. The van der Waals surface area contributed by atoms with Crippen LogP contribution in [0.2, 0.25) is 0 Å². The number of likely N-dealkylation sites (tertiary alicyclic amines) is 1. The number of ketones is 1. The van der Waals surface area contributed by atoms with Gasteiger partial charge in [-0.3, -0.25) is 14.5 Å². The fraction of sp³-hybridized carbons (Fsp3) is 0.800. The van der Waals surface area contributed by atoms with Gasteiger partial charge in [0.25, 0.3) is 5.91 Å². The van der Waals surface area contributed by atoms with Crippen molar-refractivity contribution in [3.8, 4) is 0 Å². The predicted octanol–water partition coefficient (Wildman–Crippen LogP) is -0.880. The van der Waals surface area contributed by atoms with Gasteiger partial charge in [0.2, 0.25) is 5.78 Å². The van der Waals surface area contributed by atoms with E-state index >= 15 is 0 Å². The van der Waals surface area contributed by atoms with E-state index in [0.29, 0.717) is 19.5 Å². The number of hydrogen-bond acceptors (Lipinski definition) is 4. The van der Waals surface area contributed by atoms with Gasteiger partial charge >= 0.3 is 0 Å². The molecule has 2 rings (SSSR count). The number of Topliss-reactive ketones (excluding diaryl/α,β-unsaturated/α-hetero) is 1. The van der Waals surface area contributed by atoms with E-state index in [4.69, 9.17) is 4.74 Å². The molecule has 0 aliphatic carbocycles. The number of amides is 1. The minimum absolute atomic E-state index is 0.239. The summed E-state index contributed by atoms with van der Waals surface area (Å²) < 4.78 is 5.23. The van der Waals surface area contributed by atoms with Crippen LogP contribution in [0.25, 0.3) is 0 Å². The van der Waals surface area contributed by atoms with Gasteiger partial charge < -0.3 is 9.64 Å². The average molecular weight is 212 g/mol. The molecule has 0 aromatic rings. The summed E-state index contributed by atoms with van der Waals surface area (Å²) in [5.41, 5.74) is 0. The number of carbonyl (C=O) groups is 2. The summed E-state index contributed by atoms with van der Waals surface area (Å²) in [5, 5.41) is 0. The predicted molar refractivity (Wildman–Crippen MR) is 53.5 cm³/mol. The molecule has 0 atom stereocenters. The third-order valence-corrected chi connectivity index (χ3v) is 2.92. The molecule has 0 aromatic heterocycles. The molecule has 0 spiro atoms. The van der Waals surface area contributed by atoms with E-state index in [9.17, 15) is 9.59 Å². The van der Waals surface area contributed by atoms with E-state index in [1.807, 2.05) is 0 Å². The largest absolute Gasteiger partial charge is 0.379 e. The van der Waals surface area contributed by atoms with E-state index in [1.165, 1.54) is 0 Å². The lowest BCUT2D eigenvalue weighted by Gasteiger charge is -2.28. The maximum atomic E-state index is 11.3. The first-order chi connectivity index (χ1) is 7.27. The molecule has 5 heteroatoms. The molecular formula is C10H16N2O3. The molecule has 0 radical (unpaired) electrons. The highest BCUT2D eigenvalue weighted by Crippen LogP contribution is 2.06. The number of rotatable bonds is 3. The first kappa shape index (κ1) is 10.6. The summed E-state index contributed by atoms with van der Waals surface area (Å²) in [5.74, 6) is -0.541. The average Bonchev–Trinajstić information content (AvgIpc) is 2.59. The number of morpholine rings is 1. The molecular weight excluding hydrogens is 196 g/mol. The van der Waals surface area contributed by atoms with Gasteiger partial charge in [-0.2, -0.15) is 0 Å². The standard InChI is InChI=1S/C10H16N2O3/c13-9-1-2-12(10(9)14)4-3-11-5-7-15-8-6-11/h1-8H2. The second-order valence-corrected chi connectivity index (χ2v) is 3.92. The molecule has 5 nitrogen and oxygen atoms in total. The van der Waals surface area contributed by atoms with Gasteiger partial charge in [0.15, 0.2) is 0 Å². The van der Waals surface area contributed by atoms with Crippen molar-refractivity contribution in [2.45, 2.75) is 6.42 Å². The highest BCUT2D eigenvalue weighted by atomic mass is 16.5. The van der Waals surface area contributed by atoms with Crippen molar-refractivity contribution < 1.29 is 14.3 Å². The Morgan fingerprint density at radius 1 is 1.07 bits per heavy atom. The molecule has 1 amide bonds. The number of ether oxygens (including phenoxy) is 1. The minimum Gasteiger partial charge on any atom is -0.379 e. The zero-order chi connectivity index (χ0) is 10.7. The smallest absolute Gasteiger partial charge is 0.290 e. The van der Waals surface area contributed by atoms with Crippen LogP contribution in [-0.2, 0) is 14.3 Å². The van der Waals surface area contributed by atoms with Crippen LogP contribution >= 0.6 is 0 Å². The van der Waals surface area contributed by atoms with Crippen LogP contribution in [0.5, 0.6) is 0 Å². The van der Waals surface area contributed by atoms with E-state index in [1.54, 1.807) is 4.90 Å². The lowest BCUT2D eigenvalue weighted by molar-refractivity contribution is -0.140. The highest BCUT2D eigenvalue weighted by molar-refractivity contribution is 6.37. The topological polar surface area (TPSA) is 49.9 Å². The normalized spacial score (nSPS) is 23.9. The molecule has 2 aliphatic rings. The summed E-state index contributed by atoms with van der Waals surface area (Å²) in [6, 6.07) is 0. The van der Waals surface area contributed by atoms with Gasteiger partial charge in [0.1, 0.15) is 0 Å². The lowest BCUT2D eigenvalue weighted by Crippen LogP contribution is -2.42. The summed E-state index contributed by atoms with van der Waals surface area (Å²) in [4.78, 5) is 26.2. The van der Waals surface area contributed by atoms with Crippen LogP contribution in [0.1, 0.15) is 6.42 Å². The van der Waals surface area contributed by atoms with Crippen molar-refractivity contribution in [3.05, 3.63) is 0 Å². The molecule has 2 heterocycles. The lowest BCUT2D eigenvalue weighted by atomic mass is 10.3. The molecule has 0 aromatic carbocycles.